The van der Waals surface area contributed by atoms with E-state index in [1.54, 1.807) is 13.8 Å². The quantitative estimate of drug-likeness (QED) is 0.779. The molecule has 1 rings (SSSR count). The Bertz CT molecular complexity index is 558. The van der Waals surface area contributed by atoms with Gasteiger partial charge in [0.2, 0.25) is 5.82 Å². The fourth-order valence-corrected chi connectivity index (χ4v) is 1.23. The van der Waals surface area contributed by atoms with Gasteiger partial charge in [0.25, 0.3) is 0 Å². The minimum atomic E-state index is -1.65. The maximum Gasteiger partial charge on any atom is 0.203 e. The van der Waals surface area contributed by atoms with Gasteiger partial charge in [-0.2, -0.15) is 14.9 Å². The highest BCUT2D eigenvalue weighted by molar-refractivity contribution is 5.52. The van der Waals surface area contributed by atoms with Crippen LogP contribution in [0.4, 0.5) is 13.2 Å². The Kier molecular flexibility index (Phi) is 4.17. The Balaban J connectivity index is 3.53. The largest absolute Gasteiger partial charge is 0.486 e. The van der Waals surface area contributed by atoms with Gasteiger partial charge in [-0.25, -0.2) is 8.78 Å². The zero-order chi connectivity index (χ0) is 13.9. The fraction of sp³-hybridized carbons (Fsp3) is 0.333. The molecule has 0 aliphatic heterocycles. The molecule has 1 unspecified atom stereocenters. The zero-order valence-corrected chi connectivity index (χ0v) is 9.72. The normalized spacial score (nSPS) is 11.5. The van der Waals surface area contributed by atoms with Crippen molar-refractivity contribution in [1.82, 2.24) is 0 Å². The van der Waals surface area contributed by atoms with E-state index in [1.807, 2.05) is 0 Å². The van der Waals surface area contributed by atoms with Crippen molar-refractivity contribution >= 4 is 0 Å². The summed E-state index contributed by atoms with van der Waals surface area (Å²) in [5, 5.41) is 17.3. The lowest BCUT2D eigenvalue weighted by atomic mass is 10.1. The predicted molar refractivity (Wildman–Crippen MR) is 56.1 cm³/mol. The zero-order valence-electron chi connectivity index (χ0n) is 9.72. The Labute approximate surface area is 102 Å². The van der Waals surface area contributed by atoms with Crippen molar-refractivity contribution in [3.63, 3.8) is 0 Å². The predicted octanol–water partition coefficient (Wildman–Crippen LogP) is 3.02. The highest BCUT2D eigenvalue weighted by Crippen LogP contribution is 2.31. The van der Waals surface area contributed by atoms with Crippen molar-refractivity contribution in [1.29, 1.82) is 10.5 Å². The first-order valence-corrected chi connectivity index (χ1v) is 5.15. The number of hydrogen-bond acceptors (Lipinski definition) is 3. The second-order valence-electron chi connectivity index (χ2n) is 3.58. The van der Waals surface area contributed by atoms with Gasteiger partial charge in [0.1, 0.15) is 23.3 Å². The van der Waals surface area contributed by atoms with E-state index in [4.69, 9.17) is 15.3 Å². The molecule has 94 valence electrons. The molecule has 6 heteroatoms. The van der Waals surface area contributed by atoms with E-state index in [2.05, 4.69) is 0 Å². The van der Waals surface area contributed by atoms with Crippen LogP contribution in [-0.4, -0.2) is 6.10 Å². The van der Waals surface area contributed by atoms with E-state index in [-0.39, 0.29) is 0 Å². The van der Waals surface area contributed by atoms with Crippen molar-refractivity contribution in [2.24, 2.45) is 0 Å². The summed E-state index contributed by atoms with van der Waals surface area (Å²) in [7, 11) is 0. The summed E-state index contributed by atoms with van der Waals surface area (Å²) < 4.78 is 45.6. The van der Waals surface area contributed by atoms with E-state index in [9.17, 15) is 13.2 Å². The van der Waals surface area contributed by atoms with Gasteiger partial charge < -0.3 is 4.74 Å². The van der Waals surface area contributed by atoms with Crippen LogP contribution in [0.25, 0.3) is 0 Å². The maximum atomic E-state index is 13.6. The third-order valence-electron chi connectivity index (χ3n) is 2.40. The molecule has 0 aliphatic carbocycles. The van der Waals surface area contributed by atoms with Gasteiger partial charge in [-0.15, -0.1) is 0 Å². The Morgan fingerprint density at radius 2 is 1.61 bits per heavy atom. The molecule has 0 saturated carbocycles. The average molecular weight is 254 g/mol. The molecule has 1 aromatic carbocycles. The van der Waals surface area contributed by atoms with Gasteiger partial charge in [-0.1, -0.05) is 6.92 Å². The van der Waals surface area contributed by atoms with Crippen molar-refractivity contribution < 1.29 is 17.9 Å². The first-order valence-electron chi connectivity index (χ1n) is 5.15. The number of hydrogen-bond donors (Lipinski definition) is 0. The van der Waals surface area contributed by atoms with Crippen LogP contribution in [0, 0.1) is 40.1 Å². The molecule has 1 atom stereocenters. The van der Waals surface area contributed by atoms with Crippen LogP contribution in [0.3, 0.4) is 0 Å². The molecule has 0 spiro atoms. The monoisotopic (exact) mass is 254 g/mol. The van der Waals surface area contributed by atoms with Gasteiger partial charge in [-0.05, 0) is 13.3 Å². The number of nitrogens with zero attached hydrogens (tertiary/aromatic N) is 2. The van der Waals surface area contributed by atoms with Crippen LogP contribution in [0.1, 0.15) is 31.4 Å². The number of benzene rings is 1. The van der Waals surface area contributed by atoms with E-state index in [0.29, 0.717) is 6.42 Å². The lowest BCUT2D eigenvalue weighted by Crippen LogP contribution is -2.14. The molecular formula is C12H9F3N2O. The summed E-state index contributed by atoms with van der Waals surface area (Å²) in [6.07, 6.45) is -0.0496. The molecule has 0 saturated heterocycles. The van der Waals surface area contributed by atoms with Crippen LogP contribution >= 0.6 is 0 Å². The Hall–Kier alpha value is -2.21. The summed E-state index contributed by atoms with van der Waals surface area (Å²) in [6, 6.07) is 2.56. The second-order valence-corrected chi connectivity index (χ2v) is 3.58. The van der Waals surface area contributed by atoms with Gasteiger partial charge in [0, 0.05) is 0 Å². The molecule has 0 aliphatic rings. The minimum Gasteiger partial charge on any atom is -0.486 e. The molecule has 1 aromatic rings. The Morgan fingerprint density at radius 3 is 2.06 bits per heavy atom. The van der Waals surface area contributed by atoms with Crippen LogP contribution < -0.4 is 4.74 Å². The molecule has 0 bridgehead atoms. The highest BCUT2D eigenvalue weighted by atomic mass is 19.2. The summed E-state index contributed by atoms with van der Waals surface area (Å²) in [4.78, 5) is 0. The fourth-order valence-electron chi connectivity index (χ4n) is 1.23. The lowest BCUT2D eigenvalue weighted by Gasteiger charge is -2.15. The minimum absolute atomic E-state index is 0.466. The first kappa shape index (κ1) is 13.9. The third-order valence-corrected chi connectivity index (χ3v) is 2.40. The molecule has 0 amide bonds. The third kappa shape index (κ3) is 2.23. The highest BCUT2D eigenvalue weighted by Gasteiger charge is 2.27. The SMILES string of the molecule is CCC(C)Oc1c(F)c(F)c(C#N)c(F)c1C#N. The molecule has 0 fully saturated rings. The van der Waals surface area contributed by atoms with Gasteiger partial charge in [0.05, 0.1) is 6.10 Å². The van der Waals surface area contributed by atoms with E-state index < -0.39 is 40.4 Å². The van der Waals surface area contributed by atoms with Gasteiger partial charge >= 0.3 is 0 Å². The van der Waals surface area contributed by atoms with Crippen molar-refractivity contribution in [2.75, 3.05) is 0 Å². The average Bonchev–Trinajstić information content (AvgIpc) is 2.36. The molecular weight excluding hydrogens is 245 g/mol. The van der Waals surface area contributed by atoms with Crippen molar-refractivity contribution in [3.8, 4) is 17.9 Å². The van der Waals surface area contributed by atoms with Crippen LogP contribution in [0.5, 0.6) is 5.75 Å². The smallest absolute Gasteiger partial charge is 0.203 e. The molecule has 0 N–H and O–H groups in total. The van der Waals surface area contributed by atoms with Crippen molar-refractivity contribution in [2.45, 2.75) is 26.4 Å². The number of ether oxygens (including phenoxy) is 1. The molecule has 0 aromatic heterocycles. The summed E-state index contributed by atoms with van der Waals surface area (Å²) in [6.45, 7) is 3.29. The van der Waals surface area contributed by atoms with E-state index in [1.165, 1.54) is 12.1 Å². The summed E-state index contributed by atoms with van der Waals surface area (Å²) in [5.41, 5.74) is -1.92. The topological polar surface area (TPSA) is 56.8 Å². The second kappa shape index (κ2) is 5.42. The summed E-state index contributed by atoms with van der Waals surface area (Å²) >= 11 is 0. The van der Waals surface area contributed by atoms with Crippen LogP contribution in [0.15, 0.2) is 0 Å². The van der Waals surface area contributed by atoms with Gasteiger partial charge in [0.15, 0.2) is 17.4 Å². The van der Waals surface area contributed by atoms with Crippen LogP contribution in [0.2, 0.25) is 0 Å². The molecule has 3 nitrogen and oxygen atoms in total. The molecule has 0 radical (unpaired) electrons. The van der Waals surface area contributed by atoms with Crippen molar-refractivity contribution in [3.05, 3.63) is 28.6 Å². The molecule has 18 heavy (non-hydrogen) atoms. The maximum absolute atomic E-state index is 13.6. The number of rotatable bonds is 3. The number of halogens is 3. The van der Waals surface area contributed by atoms with Gasteiger partial charge in [-0.3, -0.25) is 0 Å². The Morgan fingerprint density at radius 1 is 1.06 bits per heavy atom. The first-order chi connectivity index (χ1) is 8.47. The van der Waals surface area contributed by atoms with E-state index >= 15 is 0 Å². The van der Waals surface area contributed by atoms with E-state index in [0.717, 1.165) is 0 Å². The standard InChI is InChI=1S/C12H9F3N2O/c1-3-6(2)18-12-8(5-17)9(13)7(4-16)10(14)11(12)15/h6H,3H2,1-2H3. The van der Waals surface area contributed by atoms with Crippen LogP contribution in [-0.2, 0) is 0 Å². The molecule has 0 heterocycles. The summed E-state index contributed by atoms with van der Waals surface area (Å²) in [5.74, 6) is -5.37. The number of nitriles is 2. The lowest BCUT2D eigenvalue weighted by molar-refractivity contribution is 0.203.